The molecular weight excluding hydrogens is 190 g/mol. The summed E-state index contributed by atoms with van der Waals surface area (Å²) < 4.78 is 0. The molecule has 0 spiro atoms. The number of primary amides is 1. The Morgan fingerprint density at radius 1 is 1.50 bits per heavy atom. The quantitative estimate of drug-likeness (QED) is 0.296. The number of nitrogens with two attached hydrogens (primary N) is 1. The smallest absolute Gasteiger partial charge is 0.323 e. The molecule has 0 bridgehead atoms. The maximum atomic E-state index is 10.6. The van der Waals surface area contributed by atoms with Crippen LogP contribution in [0.15, 0.2) is 12.7 Å². The highest BCUT2D eigenvalue weighted by Gasteiger charge is 2.19. The second-order valence-corrected chi connectivity index (χ2v) is 2.40. The molecule has 7 heteroatoms. The van der Waals surface area contributed by atoms with Crippen molar-refractivity contribution in [2.45, 2.75) is 12.5 Å². The number of hydrazine groups is 1. The second kappa shape index (κ2) is 5.70. The molecule has 0 saturated heterocycles. The van der Waals surface area contributed by atoms with E-state index in [-0.39, 0.29) is 0 Å². The maximum absolute atomic E-state index is 10.6. The lowest BCUT2D eigenvalue weighted by Gasteiger charge is -2.12. The number of amides is 2. The van der Waals surface area contributed by atoms with Crippen molar-refractivity contribution in [1.29, 1.82) is 0 Å². The van der Waals surface area contributed by atoms with Gasteiger partial charge in [0.1, 0.15) is 6.04 Å². The van der Waals surface area contributed by atoms with E-state index in [1.165, 1.54) is 0 Å². The highest BCUT2D eigenvalue weighted by atomic mass is 16.4. The molecule has 1 atom stereocenters. The topological polar surface area (TPSA) is 122 Å². The van der Waals surface area contributed by atoms with E-state index < -0.39 is 30.2 Å². The fourth-order valence-corrected chi connectivity index (χ4v) is 0.611. The largest absolute Gasteiger partial charge is 0.480 e. The van der Waals surface area contributed by atoms with Crippen LogP contribution >= 0.6 is 0 Å². The molecule has 0 aromatic heterocycles. The van der Waals surface area contributed by atoms with E-state index >= 15 is 0 Å². The molecule has 14 heavy (non-hydrogen) atoms. The minimum absolute atomic E-state index is 0.410. The Kier molecular flexibility index (Phi) is 4.93. The molecule has 0 unspecified atom stereocenters. The van der Waals surface area contributed by atoms with Crippen LogP contribution in [-0.4, -0.2) is 28.9 Å². The van der Waals surface area contributed by atoms with Crippen molar-refractivity contribution in [1.82, 2.24) is 10.9 Å². The van der Waals surface area contributed by atoms with E-state index in [0.29, 0.717) is 0 Å². The number of carbonyl (C=O) groups is 3. The van der Waals surface area contributed by atoms with Crippen LogP contribution in [0.1, 0.15) is 6.42 Å². The van der Waals surface area contributed by atoms with Crippen molar-refractivity contribution in [2.75, 3.05) is 0 Å². The molecular formula is C7H11N3O4. The monoisotopic (exact) mass is 201 g/mol. The lowest BCUT2D eigenvalue weighted by Crippen LogP contribution is -2.49. The second-order valence-electron chi connectivity index (χ2n) is 2.40. The Morgan fingerprint density at radius 3 is 2.43 bits per heavy atom. The molecule has 78 valence electrons. The van der Waals surface area contributed by atoms with E-state index in [1.54, 1.807) is 0 Å². The van der Waals surface area contributed by atoms with Crippen molar-refractivity contribution >= 4 is 17.8 Å². The van der Waals surface area contributed by atoms with Gasteiger partial charge in [-0.1, -0.05) is 6.58 Å². The van der Waals surface area contributed by atoms with Crippen LogP contribution in [0, 0.1) is 0 Å². The van der Waals surface area contributed by atoms with Crippen molar-refractivity contribution < 1.29 is 19.5 Å². The van der Waals surface area contributed by atoms with Gasteiger partial charge < -0.3 is 10.8 Å². The Balaban J connectivity index is 4.10. The first kappa shape index (κ1) is 12.1. The Morgan fingerprint density at radius 2 is 2.07 bits per heavy atom. The first-order chi connectivity index (χ1) is 6.47. The molecule has 7 nitrogen and oxygen atoms in total. The Labute approximate surface area is 79.9 Å². The molecule has 0 aromatic carbocycles. The third kappa shape index (κ3) is 4.88. The average molecular weight is 201 g/mol. The van der Waals surface area contributed by atoms with Crippen LogP contribution < -0.4 is 16.6 Å². The molecule has 0 aliphatic carbocycles. The zero-order chi connectivity index (χ0) is 11.1. The number of carbonyl (C=O) groups excluding carboxylic acids is 2. The normalized spacial score (nSPS) is 11.4. The van der Waals surface area contributed by atoms with E-state index in [0.717, 1.165) is 6.08 Å². The number of aliphatic carboxylic acids is 1. The summed E-state index contributed by atoms with van der Waals surface area (Å²) in [6, 6.07) is -1.24. The highest BCUT2D eigenvalue weighted by molar-refractivity contribution is 5.87. The van der Waals surface area contributed by atoms with Gasteiger partial charge in [-0.05, 0) is 6.08 Å². The molecule has 0 aromatic rings. The summed E-state index contributed by atoms with van der Waals surface area (Å²) in [6.45, 7) is 3.15. The third-order valence-corrected chi connectivity index (χ3v) is 1.26. The summed E-state index contributed by atoms with van der Waals surface area (Å²) in [4.78, 5) is 31.5. The summed E-state index contributed by atoms with van der Waals surface area (Å²) in [5, 5.41) is 8.56. The van der Waals surface area contributed by atoms with Gasteiger partial charge in [0.2, 0.25) is 5.91 Å². The van der Waals surface area contributed by atoms with Gasteiger partial charge in [0.25, 0.3) is 5.91 Å². The zero-order valence-electron chi connectivity index (χ0n) is 7.32. The molecule has 2 amide bonds. The van der Waals surface area contributed by atoms with Gasteiger partial charge in [0.05, 0.1) is 6.42 Å². The van der Waals surface area contributed by atoms with Gasteiger partial charge in [-0.2, -0.15) is 0 Å². The van der Waals surface area contributed by atoms with Crippen molar-refractivity contribution in [2.24, 2.45) is 5.73 Å². The fraction of sp³-hybridized carbons (Fsp3) is 0.286. The van der Waals surface area contributed by atoms with Crippen LogP contribution in [0.3, 0.4) is 0 Å². The summed E-state index contributed by atoms with van der Waals surface area (Å²) in [7, 11) is 0. The number of hydrogen-bond donors (Lipinski definition) is 4. The van der Waals surface area contributed by atoms with Gasteiger partial charge in [-0.15, -0.1) is 0 Å². The molecule has 0 aliphatic heterocycles. The fourth-order valence-electron chi connectivity index (χ4n) is 0.611. The summed E-state index contributed by atoms with van der Waals surface area (Å²) in [5.41, 5.74) is 8.95. The Bertz CT molecular complexity index is 264. The lowest BCUT2D eigenvalue weighted by molar-refractivity contribution is -0.141. The van der Waals surface area contributed by atoms with Gasteiger partial charge >= 0.3 is 5.97 Å². The number of nitrogens with one attached hydrogen (secondary N) is 2. The van der Waals surface area contributed by atoms with E-state index in [1.807, 2.05) is 5.43 Å². The van der Waals surface area contributed by atoms with Gasteiger partial charge in [0, 0.05) is 0 Å². The highest BCUT2D eigenvalue weighted by Crippen LogP contribution is 1.89. The van der Waals surface area contributed by atoms with E-state index in [2.05, 4.69) is 12.0 Å². The summed E-state index contributed by atoms with van der Waals surface area (Å²) in [5.74, 6) is -2.66. The van der Waals surface area contributed by atoms with Crippen molar-refractivity contribution in [3.05, 3.63) is 12.7 Å². The Hall–Kier alpha value is -1.89. The summed E-state index contributed by atoms with van der Waals surface area (Å²) >= 11 is 0. The number of rotatable bonds is 6. The van der Waals surface area contributed by atoms with Gasteiger partial charge in [-0.25, -0.2) is 5.43 Å². The molecule has 0 rings (SSSR count). The minimum atomic E-state index is -1.28. The minimum Gasteiger partial charge on any atom is -0.480 e. The summed E-state index contributed by atoms with van der Waals surface area (Å²) in [6.07, 6.45) is 0.545. The van der Waals surface area contributed by atoms with Crippen LogP contribution in [0.4, 0.5) is 0 Å². The van der Waals surface area contributed by atoms with Crippen LogP contribution in [0.25, 0.3) is 0 Å². The SMILES string of the molecule is C=CC(=O)NN[C@@H](CC(N)=O)C(=O)O. The van der Waals surface area contributed by atoms with E-state index in [9.17, 15) is 14.4 Å². The number of carboxylic acids is 1. The predicted octanol–water partition coefficient (Wildman–Crippen LogP) is -1.88. The van der Waals surface area contributed by atoms with E-state index in [4.69, 9.17) is 10.8 Å². The number of hydrogen-bond acceptors (Lipinski definition) is 4. The van der Waals surface area contributed by atoms with Crippen molar-refractivity contribution in [3.8, 4) is 0 Å². The maximum Gasteiger partial charge on any atom is 0.323 e. The lowest BCUT2D eigenvalue weighted by atomic mass is 10.2. The first-order valence-electron chi connectivity index (χ1n) is 3.66. The molecule has 0 fully saturated rings. The average Bonchev–Trinajstić information content (AvgIpc) is 2.10. The first-order valence-corrected chi connectivity index (χ1v) is 3.66. The third-order valence-electron chi connectivity index (χ3n) is 1.26. The molecule has 0 radical (unpaired) electrons. The number of carboxylic acid groups (broad SMARTS) is 1. The molecule has 0 heterocycles. The van der Waals surface area contributed by atoms with Crippen LogP contribution in [-0.2, 0) is 14.4 Å². The van der Waals surface area contributed by atoms with Gasteiger partial charge in [-0.3, -0.25) is 19.8 Å². The zero-order valence-corrected chi connectivity index (χ0v) is 7.32. The van der Waals surface area contributed by atoms with Crippen LogP contribution in [0.2, 0.25) is 0 Å². The van der Waals surface area contributed by atoms with Crippen LogP contribution in [0.5, 0.6) is 0 Å². The molecule has 0 saturated carbocycles. The molecule has 5 N–H and O–H groups in total. The van der Waals surface area contributed by atoms with Crippen molar-refractivity contribution in [3.63, 3.8) is 0 Å². The van der Waals surface area contributed by atoms with Gasteiger partial charge in [0.15, 0.2) is 0 Å². The predicted molar refractivity (Wildman–Crippen MR) is 46.7 cm³/mol. The molecule has 0 aliphatic rings. The standard InChI is InChI=1S/C7H11N3O4/c1-2-6(12)10-9-4(7(13)14)3-5(8)11/h2,4,9H,1,3H2,(H2,8,11)(H,10,12)(H,13,14)/t4-/m0/s1.